The Morgan fingerprint density at radius 3 is 2.71 bits per heavy atom. The van der Waals surface area contributed by atoms with Gasteiger partial charge >= 0.3 is 5.97 Å². The van der Waals surface area contributed by atoms with E-state index in [4.69, 9.17) is 5.11 Å². The fourth-order valence-corrected chi connectivity index (χ4v) is 2.12. The van der Waals surface area contributed by atoms with Crippen LogP contribution in [0.1, 0.15) is 23.8 Å². The van der Waals surface area contributed by atoms with Crippen LogP contribution in [0.25, 0.3) is 10.9 Å². The molecule has 0 saturated heterocycles. The van der Waals surface area contributed by atoms with Gasteiger partial charge in [0, 0.05) is 19.0 Å². The molecule has 0 saturated carbocycles. The van der Waals surface area contributed by atoms with Crippen molar-refractivity contribution in [2.24, 2.45) is 7.05 Å². The lowest BCUT2D eigenvalue weighted by Gasteiger charge is -2.21. The normalized spacial score (nSPS) is 13.9. The van der Waals surface area contributed by atoms with Gasteiger partial charge in [-0.1, -0.05) is 18.2 Å². The van der Waals surface area contributed by atoms with Crippen molar-refractivity contribution in [2.45, 2.75) is 18.9 Å². The number of para-hydroxylation sites is 1. The van der Waals surface area contributed by atoms with Gasteiger partial charge < -0.3 is 15.5 Å². The van der Waals surface area contributed by atoms with Crippen LogP contribution in [0.2, 0.25) is 0 Å². The number of rotatable bonds is 5. The number of benzene rings is 1. The Bertz CT molecular complexity index is 691. The van der Waals surface area contributed by atoms with E-state index in [2.05, 4.69) is 10.4 Å². The number of aliphatic carboxylic acids is 1. The van der Waals surface area contributed by atoms with Crippen LogP contribution < -0.4 is 5.32 Å². The first-order valence-electron chi connectivity index (χ1n) is 6.44. The van der Waals surface area contributed by atoms with Gasteiger partial charge in [0.2, 0.25) is 0 Å². The second-order valence-corrected chi connectivity index (χ2v) is 5.24. The summed E-state index contributed by atoms with van der Waals surface area (Å²) in [6.07, 6.45) is -0.448. The minimum absolute atomic E-state index is 0.164. The molecule has 0 aliphatic heterocycles. The zero-order valence-corrected chi connectivity index (χ0v) is 11.8. The van der Waals surface area contributed by atoms with Gasteiger partial charge in [-0.2, -0.15) is 5.10 Å². The summed E-state index contributed by atoms with van der Waals surface area (Å²) in [7, 11) is 1.74. The van der Waals surface area contributed by atoms with Crippen LogP contribution in [0.4, 0.5) is 0 Å². The molecule has 2 aromatic rings. The summed E-state index contributed by atoms with van der Waals surface area (Å²) in [5.41, 5.74) is -0.439. The number of carbonyl (C=O) groups excluding carboxylic acids is 1. The molecule has 2 rings (SSSR count). The third kappa shape index (κ3) is 3.38. The Hall–Kier alpha value is -2.41. The summed E-state index contributed by atoms with van der Waals surface area (Å²) in [5.74, 6) is -1.57. The number of amides is 1. The first kappa shape index (κ1) is 15.0. The predicted molar refractivity (Wildman–Crippen MR) is 75.9 cm³/mol. The number of nitrogens with zero attached hydrogens (tertiary/aromatic N) is 2. The number of aliphatic hydroxyl groups is 1. The third-order valence-electron chi connectivity index (χ3n) is 3.13. The summed E-state index contributed by atoms with van der Waals surface area (Å²) in [6.45, 7) is 1.20. The Morgan fingerprint density at radius 2 is 2.05 bits per heavy atom. The number of carboxylic acid groups (broad SMARTS) is 1. The minimum atomic E-state index is -1.51. The maximum atomic E-state index is 12.2. The van der Waals surface area contributed by atoms with Crippen molar-refractivity contribution in [3.63, 3.8) is 0 Å². The van der Waals surface area contributed by atoms with E-state index in [1.165, 1.54) is 6.92 Å². The molecule has 1 unspecified atom stereocenters. The van der Waals surface area contributed by atoms with Crippen molar-refractivity contribution >= 4 is 22.8 Å². The van der Waals surface area contributed by atoms with E-state index in [0.717, 1.165) is 5.52 Å². The molecule has 7 nitrogen and oxygen atoms in total. The maximum absolute atomic E-state index is 12.2. The highest BCUT2D eigenvalue weighted by atomic mass is 16.4. The Morgan fingerprint density at radius 1 is 1.38 bits per heavy atom. The number of aromatic nitrogens is 2. The van der Waals surface area contributed by atoms with E-state index in [1.807, 2.05) is 12.1 Å². The molecule has 7 heteroatoms. The zero-order chi connectivity index (χ0) is 15.6. The van der Waals surface area contributed by atoms with Crippen LogP contribution in [0.3, 0.4) is 0 Å². The number of carboxylic acids is 1. The number of hydrogen-bond donors (Lipinski definition) is 3. The molecule has 3 N–H and O–H groups in total. The molecule has 21 heavy (non-hydrogen) atoms. The SMILES string of the molecule is Cn1nc(C(=O)NCC(C)(O)CC(=O)O)c2ccccc21. The standard InChI is InChI=1S/C14H17N3O4/c1-14(21,7-11(18)19)8-15-13(20)12-9-5-3-4-6-10(9)17(2)16-12/h3-6,21H,7-8H2,1-2H3,(H,15,20)(H,18,19). The third-order valence-corrected chi connectivity index (χ3v) is 3.13. The van der Waals surface area contributed by atoms with E-state index in [1.54, 1.807) is 23.9 Å². The van der Waals surface area contributed by atoms with E-state index >= 15 is 0 Å². The molecule has 0 bridgehead atoms. The molecular weight excluding hydrogens is 274 g/mol. The molecule has 1 heterocycles. The first-order valence-corrected chi connectivity index (χ1v) is 6.44. The molecule has 0 spiro atoms. The summed E-state index contributed by atoms with van der Waals surface area (Å²) in [4.78, 5) is 22.8. The van der Waals surface area contributed by atoms with Gasteiger partial charge in [0.1, 0.15) is 0 Å². The van der Waals surface area contributed by atoms with Gasteiger partial charge in [-0.25, -0.2) is 0 Å². The average molecular weight is 291 g/mol. The van der Waals surface area contributed by atoms with Crippen molar-refractivity contribution in [3.8, 4) is 0 Å². The monoisotopic (exact) mass is 291 g/mol. The molecule has 1 aromatic carbocycles. The number of nitrogens with one attached hydrogen (secondary N) is 1. The molecular formula is C14H17N3O4. The van der Waals surface area contributed by atoms with Gasteiger partial charge in [0.25, 0.3) is 5.91 Å². The lowest BCUT2D eigenvalue weighted by atomic mass is 10.0. The van der Waals surface area contributed by atoms with Crippen LogP contribution in [0.5, 0.6) is 0 Å². The van der Waals surface area contributed by atoms with Gasteiger partial charge in [-0.3, -0.25) is 14.3 Å². The molecule has 0 fully saturated rings. The van der Waals surface area contributed by atoms with E-state index < -0.39 is 23.9 Å². The maximum Gasteiger partial charge on any atom is 0.306 e. The summed E-state index contributed by atoms with van der Waals surface area (Å²) in [6, 6.07) is 7.29. The largest absolute Gasteiger partial charge is 0.481 e. The average Bonchev–Trinajstić information content (AvgIpc) is 2.73. The molecule has 1 atom stereocenters. The number of hydrogen-bond acceptors (Lipinski definition) is 4. The highest BCUT2D eigenvalue weighted by molar-refractivity contribution is 6.04. The molecule has 0 aliphatic rings. The number of carbonyl (C=O) groups is 2. The van der Waals surface area contributed by atoms with E-state index in [0.29, 0.717) is 5.39 Å². The molecule has 1 amide bonds. The van der Waals surface area contributed by atoms with Crippen LogP contribution >= 0.6 is 0 Å². The van der Waals surface area contributed by atoms with Gasteiger partial charge in [0.15, 0.2) is 5.69 Å². The summed E-state index contributed by atoms with van der Waals surface area (Å²) < 4.78 is 1.60. The lowest BCUT2D eigenvalue weighted by Crippen LogP contribution is -2.42. The molecule has 1 aromatic heterocycles. The molecule has 0 radical (unpaired) electrons. The summed E-state index contributed by atoms with van der Waals surface area (Å²) in [5, 5.41) is 25.9. The van der Waals surface area contributed by atoms with Crippen molar-refractivity contribution < 1.29 is 19.8 Å². The van der Waals surface area contributed by atoms with Crippen LogP contribution in [-0.4, -0.2) is 44.0 Å². The highest BCUT2D eigenvalue weighted by Crippen LogP contribution is 2.17. The van der Waals surface area contributed by atoms with Crippen molar-refractivity contribution in [1.82, 2.24) is 15.1 Å². The number of fused-ring (bicyclic) bond motifs is 1. The highest BCUT2D eigenvalue weighted by Gasteiger charge is 2.26. The van der Waals surface area contributed by atoms with E-state index in [-0.39, 0.29) is 12.2 Å². The zero-order valence-electron chi connectivity index (χ0n) is 11.8. The van der Waals surface area contributed by atoms with Crippen LogP contribution in [0, 0.1) is 0 Å². The molecule has 0 aliphatic carbocycles. The van der Waals surface area contributed by atoms with Crippen molar-refractivity contribution in [2.75, 3.05) is 6.54 Å². The second-order valence-electron chi connectivity index (χ2n) is 5.24. The lowest BCUT2D eigenvalue weighted by molar-refractivity contribution is -0.141. The summed E-state index contributed by atoms with van der Waals surface area (Å²) >= 11 is 0. The minimum Gasteiger partial charge on any atom is -0.481 e. The fraction of sp³-hybridized carbons (Fsp3) is 0.357. The Labute approximate surface area is 121 Å². The van der Waals surface area contributed by atoms with Gasteiger partial charge in [-0.15, -0.1) is 0 Å². The van der Waals surface area contributed by atoms with E-state index in [9.17, 15) is 14.7 Å². The fourth-order valence-electron chi connectivity index (χ4n) is 2.12. The topological polar surface area (TPSA) is 104 Å². The van der Waals surface area contributed by atoms with Crippen LogP contribution in [0.15, 0.2) is 24.3 Å². The second kappa shape index (κ2) is 5.53. The van der Waals surface area contributed by atoms with Crippen molar-refractivity contribution in [3.05, 3.63) is 30.0 Å². The van der Waals surface area contributed by atoms with Crippen LogP contribution in [-0.2, 0) is 11.8 Å². The quantitative estimate of drug-likeness (QED) is 0.745. The van der Waals surface area contributed by atoms with Crippen molar-refractivity contribution in [1.29, 1.82) is 0 Å². The predicted octanol–water partition coefficient (Wildman–Crippen LogP) is 0.529. The van der Waals surface area contributed by atoms with Gasteiger partial charge in [0.05, 0.1) is 17.5 Å². The Kier molecular flexibility index (Phi) is 3.95. The first-order chi connectivity index (χ1) is 9.80. The van der Waals surface area contributed by atoms with Gasteiger partial charge in [-0.05, 0) is 13.0 Å². The Balaban J connectivity index is 2.15. The number of aryl methyl sites for hydroxylation is 1. The molecule has 112 valence electrons. The smallest absolute Gasteiger partial charge is 0.306 e.